The molecule has 0 spiro atoms. The minimum Gasteiger partial charge on any atom is -0.442 e. The molecule has 1 aliphatic heterocycles. The molecule has 1 aromatic rings. The lowest BCUT2D eigenvalue weighted by Gasteiger charge is -2.13. The second kappa shape index (κ2) is 5.47. The van der Waals surface area contributed by atoms with E-state index in [0.29, 0.717) is 12.1 Å². The maximum absolute atomic E-state index is 11.7. The van der Waals surface area contributed by atoms with E-state index >= 15 is 0 Å². The van der Waals surface area contributed by atoms with Crippen LogP contribution < -0.4 is 15.4 Å². The molecule has 0 aliphatic carbocycles. The van der Waals surface area contributed by atoms with Gasteiger partial charge >= 0.3 is 6.09 Å². The molecule has 1 heterocycles. The Balaban J connectivity index is 2.12. The number of cyclic esters (lactones) is 1. The monoisotopic (exact) mass is 299 g/mol. The van der Waals surface area contributed by atoms with Gasteiger partial charge in [-0.1, -0.05) is 0 Å². The Bertz CT molecular complexity index is 613. The molecule has 3 N–H and O–H groups in total. The maximum Gasteiger partial charge on any atom is 0.414 e. The Hall–Kier alpha value is -2.13. The van der Waals surface area contributed by atoms with Crippen LogP contribution in [0.1, 0.15) is 0 Å². The van der Waals surface area contributed by atoms with Gasteiger partial charge in [-0.25, -0.2) is 18.4 Å². The molecule has 1 unspecified atom stereocenters. The fraction of sp³-hybridized carbons (Fsp3) is 0.273. The van der Waals surface area contributed by atoms with Gasteiger partial charge in [-0.2, -0.15) is 0 Å². The topological polar surface area (TPSA) is 119 Å². The Morgan fingerprint density at radius 2 is 2.05 bits per heavy atom. The summed E-state index contributed by atoms with van der Waals surface area (Å²) in [4.78, 5) is 23.2. The standard InChI is InChI=1S/C11H13N3O5S/c12-20(17,18)10-3-1-8(2-4-10)14-6-9(5-13-7-15)19-11(14)16/h1-4,7,9H,5-6H2,(H,13,15)(H2,12,17,18). The van der Waals surface area contributed by atoms with Gasteiger partial charge in [-0.15, -0.1) is 0 Å². The molecule has 2 amide bonds. The summed E-state index contributed by atoms with van der Waals surface area (Å²) >= 11 is 0. The van der Waals surface area contributed by atoms with Crippen molar-refractivity contribution in [1.82, 2.24) is 5.32 Å². The number of carbonyl (C=O) groups is 2. The van der Waals surface area contributed by atoms with Crippen molar-refractivity contribution in [2.24, 2.45) is 5.14 Å². The summed E-state index contributed by atoms with van der Waals surface area (Å²) in [5.74, 6) is 0. The molecule has 0 aromatic heterocycles. The van der Waals surface area contributed by atoms with E-state index in [1.54, 1.807) is 0 Å². The van der Waals surface area contributed by atoms with E-state index in [1.165, 1.54) is 29.2 Å². The lowest BCUT2D eigenvalue weighted by Crippen LogP contribution is -2.30. The molecule has 1 aromatic carbocycles. The second-order valence-corrected chi connectivity index (χ2v) is 5.74. The third kappa shape index (κ3) is 3.06. The molecule has 0 saturated carbocycles. The van der Waals surface area contributed by atoms with E-state index in [1.807, 2.05) is 0 Å². The van der Waals surface area contributed by atoms with Crippen LogP contribution in [0.15, 0.2) is 29.2 Å². The molecular formula is C11H13N3O5S. The summed E-state index contributed by atoms with van der Waals surface area (Å²) in [7, 11) is -3.76. The van der Waals surface area contributed by atoms with Gasteiger partial charge in [0.2, 0.25) is 16.4 Å². The van der Waals surface area contributed by atoms with Crippen molar-refractivity contribution in [1.29, 1.82) is 0 Å². The van der Waals surface area contributed by atoms with Crippen LogP contribution in [-0.4, -0.2) is 40.1 Å². The number of sulfonamides is 1. The van der Waals surface area contributed by atoms with Gasteiger partial charge in [-0.3, -0.25) is 9.69 Å². The number of nitrogens with two attached hydrogens (primary N) is 1. The van der Waals surface area contributed by atoms with Gasteiger partial charge in [0.15, 0.2) is 0 Å². The first-order chi connectivity index (χ1) is 9.41. The average Bonchev–Trinajstić information content (AvgIpc) is 2.77. The van der Waals surface area contributed by atoms with Crippen LogP contribution in [0.2, 0.25) is 0 Å². The predicted octanol–water partition coefficient (Wildman–Crippen LogP) is -0.595. The Kier molecular flexibility index (Phi) is 3.91. The molecule has 108 valence electrons. The van der Waals surface area contributed by atoms with Gasteiger partial charge in [0.05, 0.1) is 18.0 Å². The zero-order valence-corrected chi connectivity index (χ0v) is 11.2. The van der Waals surface area contributed by atoms with Crippen molar-refractivity contribution < 1.29 is 22.7 Å². The molecule has 0 bridgehead atoms. The van der Waals surface area contributed by atoms with E-state index in [9.17, 15) is 18.0 Å². The van der Waals surface area contributed by atoms with Crippen molar-refractivity contribution in [2.45, 2.75) is 11.0 Å². The van der Waals surface area contributed by atoms with Gasteiger partial charge < -0.3 is 10.1 Å². The highest BCUT2D eigenvalue weighted by atomic mass is 32.2. The van der Waals surface area contributed by atoms with E-state index in [2.05, 4.69) is 5.32 Å². The number of rotatable bonds is 5. The molecule has 1 aliphatic rings. The zero-order valence-electron chi connectivity index (χ0n) is 10.4. The van der Waals surface area contributed by atoms with Gasteiger partial charge in [0.1, 0.15) is 6.10 Å². The number of carbonyl (C=O) groups excluding carboxylic acids is 2. The highest BCUT2D eigenvalue weighted by molar-refractivity contribution is 7.89. The van der Waals surface area contributed by atoms with Crippen LogP contribution in [0.5, 0.6) is 0 Å². The largest absolute Gasteiger partial charge is 0.442 e. The summed E-state index contributed by atoms with van der Waals surface area (Å²) in [6.45, 7) is 0.495. The zero-order chi connectivity index (χ0) is 14.8. The fourth-order valence-electron chi connectivity index (χ4n) is 1.83. The van der Waals surface area contributed by atoms with Crippen LogP contribution in [0, 0.1) is 0 Å². The van der Waals surface area contributed by atoms with Crippen LogP contribution in [0.3, 0.4) is 0 Å². The fourth-order valence-corrected chi connectivity index (χ4v) is 2.35. The van der Waals surface area contributed by atoms with E-state index in [-0.39, 0.29) is 18.0 Å². The van der Waals surface area contributed by atoms with E-state index < -0.39 is 22.2 Å². The molecule has 9 heteroatoms. The summed E-state index contributed by atoms with van der Waals surface area (Å²) in [5.41, 5.74) is 0.496. The molecular weight excluding hydrogens is 286 g/mol. The van der Waals surface area contributed by atoms with Crippen molar-refractivity contribution in [3.8, 4) is 0 Å². The van der Waals surface area contributed by atoms with Gasteiger partial charge in [-0.05, 0) is 24.3 Å². The minimum atomic E-state index is -3.76. The van der Waals surface area contributed by atoms with Crippen LogP contribution in [0.25, 0.3) is 0 Å². The highest BCUT2D eigenvalue weighted by Crippen LogP contribution is 2.22. The van der Waals surface area contributed by atoms with E-state index in [0.717, 1.165) is 0 Å². The number of amides is 2. The summed E-state index contributed by atoms with van der Waals surface area (Å²) < 4.78 is 27.3. The normalized spacial score (nSPS) is 18.8. The number of nitrogens with zero attached hydrogens (tertiary/aromatic N) is 1. The molecule has 20 heavy (non-hydrogen) atoms. The molecule has 0 radical (unpaired) electrons. The van der Waals surface area contributed by atoms with Crippen molar-refractivity contribution in [2.75, 3.05) is 18.0 Å². The average molecular weight is 299 g/mol. The van der Waals surface area contributed by atoms with E-state index in [4.69, 9.17) is 9.88 Å². The highest BCUT2D eigenvalue weighted by Gasteiger charge is 2.32. The number of hydrogen-bond acceptors (Lipinski definition) is 5. The van der Waals surface area contributed by atoms with Crippen LogP contribution >= 0.6 is 0 Å². The Morgan fingerprint density at radius 3 is 2.60 bits per heavy atom. The van der Waals surface area contributed by atoms with Crippen molar-refractivity contribution in [3.05, 3.63) is 24.3 Å². The number of nitrogens with one attached hydrogen (secondary N) is 1. The number of anilines is 1. The maximum atomic E-state index is 11.7. The summed E-state index contributed by atoms with van der Waals surface area (Å²) in [5, 5.41) is 7.42. The smallest absolute Gasteiger partial charge is 0.414 e. The molecule has 2 rings (SSSR count). The lowest BCUT2D eigenvalue weighted by atomic mass is 10.2. The first kappa shape index (κ1) is 14.3. The lowest BCUT2D eigenvalue weighted by molar-refractivity contribution is -0.109. The number of hydrogen-bond donors (Lipinski definition) is 2. The number of ether oxygens (including phenoxy) is 1. The molecule has 1 fully saturated rings. The Labute approximate surface area is 115 Å². The molecule has 8 nitrogen and oxygen atoms in total. The SMILES string of the molecule is NS(=O)(=O)c1ccc(N2CC(CNC=O)OC2=O)cc1. The number of benzene rings is 1. The quantitative estimate of drug-likeness (QED) is 0.704. The van der Waals surface area contributed by atoms with Crippen LogP contribution in [0.4, 0.5) is 10.5 Å². The molecule has 1 saturated heterocycles. The van der Waals surface area contributed by atoms with Gasteiger partial charge in [0.25, 0.3) is 0 Å². The molecule has 1 atom stereocenters. The Morgan fingerprint density at radius 1 is 1.40 bits per heavy atom. The number of primary sulfonamides is 1. The predicted molar refractivity (Wildman–Crippen MR) is 69.5 cm³/mol. The minimum absolute atomic E-state index is 0.0343. The third-order valence-corrected chi connectivity index (χ3v) is 3.71. The van der Waals surface area contributed by atoms with Gasteiger partial charge in [0, 0.05) is 5.69 Å². The third-order valence-electron chi connectivity index (χ3n) is 2.78. The second-order valence-electron chi connectivity index (χ2n) is 4.18. The summed E-state index contributed by atoms with van der Waals surface area (Å²) in [6.07, 6.45) is -0.464. The van der Waals surface area contributed by atoms with Crippen molar-refractivity contribution in [3.63, 3.8) is 0 Å². The first-order valence-corrected chi connectivity index (χ1v) is 7.24. The summed E-state index contributed by atoms with van der Waals surface area (Å²) in [6, 6.07) is 5.57. The van der Waals surface area contributed by atoms with Crippen LogP contribution in [-0.2, 0) is 19.6 Å². The first-order valence-electron chi connectivity index (χ1n) is 5.70. The van der Waals surface area contributed by atoms with Crippen molar-refractivity contribution >= 4 is 28.2 Å².